The number of H-pyrrole nitrogens is 1. The van der Waals surface area contributed by atoms with Gasteiger partial charge in [0, 0.05) is 43.2 Å². The summed E-state index contributed by atoms with van der Waals surface area (Å²) in [5.74, 6) is 0.435. The Balaban J connectivity index is 1.91. The molecule has 2 atom stereocenters. The van der Waals surface area contributed by atoms with Gasteiger partial charge in [-0.15, -0.1) is 0 Å². The number of amides is 1. The van der Waals surface area contributed by atoms with Crippen LogP contribution in [-0.2, 0) is 23.0 Å². The van der Waals surface area contributed by atoms with Gasteiger partial charge in [0.25, 0.3) is 5.56 Å². The van der Waals surface area contributed by atoms with Gasteiger partial charge >= 0.3 is 0 Å². The minimum atomic E-state index is -0.255. The highest BCUT2D eigenvalue weighted by molar-refractivity contribution is 5.79. The van der Waals surface area contributed by atoms with Crippen molar-refractivity contribution in [3.05, 3.63) is 45.4 Å². The molecule has 1 aliphatic heterocycles. The maximum atomic E-state index is 13.2. The summed E-state index contributed by atoms with van der Waals surface area (Å²) in [6.07, 6.45) is 3.52. The van der Waals surface area contributed by atoms with Crippen LogP contribution in [0.2, 0.25) is 0 Å². The minimum absolute atomic E-state index is 0.0138. The van der Waals surface area contributed by atoms with Gasteiger partial charge in [-0.1, -0.05) is 0 Å². The first-order chi connectivity index (χ1) is 13.3. The number of likely N-dealkylation sites (N-methyl/N-ethyl adjacent to an activating group) is 1. The third kappa shape index (κ3) is 4.31. The Morgan fingerprint density at radius 2 is 2.14 bits per heavy atom. The van der Waals surface area contributed by atoms with E-state index in [4.69, 9.17) is 4.74 Å². The van der Waals surface area contributed by atoms with E-state index in [2.05, 4.69) is 15.1 Å². The van der Waals surface area contributed by atoms with Crippen molar-refractivity contribution in [2.24, 2.45) is 7.05 Å². The zero-order valence-electron chi connectivity index (χ0n) is 17.1. The largest absolute Gasteiger partial charge is 0.373 e. The molecule has 0 radical (unpaired) electrons. The molecule has 1 amide bonds. The molecule has 1 N–H and O–H groups in total. The number of carbonyl (C=O) groups excluding carboxylic acids is 1. The zero-order valence-corrected chi connectivity index (χ0v) is 17.1. The van der Waals surface area contributed by atoms with Gasteiger partial charge in [0.2, 0.25) is 5.91 Å². The van der Waals surface area contributed by atoms with Crippen molar-refractivity contribution in [3.63, 3.8) is 0 Å². The molecular formula is C19H28N6O3. The number of aromatic nitrogens is 4. The van der Waals surface area contributed by atoms with E-state index in [9.17, 15) is 9.59 Å². The van der Waals surface area contributed by atoms with Crippen molar-refractivity contribution in [1.29, 1.82) is 0 Å². The van der Waals surface area contributed by atoms with Gasteiger partial charge in [0.1, 0.15) is 5.82 Å². The van der Waals surface area contributed by atoms with Gasteiger partial charge in [-0.25, -0.2) is 4.98 Å². The Kier molecular flexibility index (Phi) is 5.95. The molecule has 9 nitrogen and oxygen atoms in total. The van der Waals surface area contributed by atoms with Crippen molar-refractivity contribution in [2.45, 2.75) is 32.4 Å². The summed E-state index contributed by atoms with van der Waals surface area (Å²) in [6.45, 7) is 5.10. The average Bonchev–Trinajstić information content (AvgIpc) is 3.03. The van der Waals surface area contributed by atoms with Crippen molar-refractivity contribution in [2.75, 3.05) is 33.8 Å². The van der Waals surface area contributed by atoms with Crippen LogP contribution >= 0.6 is 0 Å². The lowest BCUT2D eigenvalue weighted by atomic mass is 9.99. The molecule has 2 aromatic rings. The Morgan fingerprint density at radius 1 is 1.39 bits per heavy atom. The molecule has 3 heterocycles. The van der Waals surface area contributed by atoms with Crippen LogP contribution in [0.4, 0.5) is 0 Å². The van der Waals surface area contributed by atoms with E-state index in [1.54, 1.807) is 24.7 Å². The minimum Gasteiger partial charge on any atom is -0.373 e. The molecule has 1 aliphatic rings. The molecule has 0 aliphatic carbocycles. The summed E-state index contributed by atoms with van der Waals surface area (Å²) in [4.78, 5) is 36.4. The van der Waals surface area contributed by atoms with E-state index in [1.165, 1.54) is 0 Å². The smallest absolute Gasteiger partial charge is 0.254 e. The second kappa shape index (κ2) is 8.24. The van der Waals surface area contributed by atoms with Gasteiger partial charge in [-0.3, -0.25) is 14.3 Å². The molecule has 0 bridgehead atoms. The quantitative estimate of drug-likeness (QED) is 0.786. The third-order valence-corrected chi connectivity index (χ3v) is 4.95. The Bertz CT molecular complexity index is 903. The fourth-order valence-electron chi connectivity index (χ4n) is 3.73. The van der Waals surface area contributed by atoms with Gasteiger partial charge in [0.15, 0.2) is 0 Å². The fraction of sp³-hybridized carbons (Fsp3) is 0.579. The van der Waals surface area contributed by atoms with E-state index < -0.39 is 0 Å². The van der Waals surface area contributed by atoms with Crippen molar-refractivity contribution < 1.29 is 9.53 Å². The molecule has 0 saturated carbocycles. The summed E-state index contributed by atoms with van der Waals surface area (Å²) >= 11 is 0. The highest BCUT2D eigenvalue weighted by Gasteiger charge is 2.37. The molecule has 28 heavy (non-hydrogen) atoms. The Morgan fingerprint density at radius 3 is 2.75 bits per heavy atom. The van der Waals surface area contributed by atoms with Crippen LogP contribution in [-0.4, -0.2) is 75.4 Å². The van der Waals surface area contributed by atoms with Gasteiger partial charge in [0.05, 0.1) is 31.4 Å². The third-order valence-electron chi connectivity index (χ3n) is 4.95. The maximum absolute atomic E-state index is 13.2. The predicted molar refractivity (Wildman–Crippen MR) is 104 cm³/mol. The van der Waals surface area contributed by atoms with Crippen molar-refractivity contribution >= 4 is 5.91 Å². The second-order valence-electron chi connectivity index (χ2n) is 7.54. The summed E-state index contributed by atoms with van der Waals surface area (Å²) in [7, 11) is 5.80. The number of aryl methyl sites for hydroxylation is 3. The predicted octanol–water partition coefficient (Wildman–Crippen LogP) is 0.193. The first-order valence-electron chi connectivity index (χ1n) is 9.37. The molecule has 2 aromatic heterocycles. The number of rotatable bonds is 5. The molecule has 1 saturated heterocycles. The molecule has 0 spiro atoms. The van der Waals surface area contributed by atoms with Crippen LogP contribution in [0.3, 0.4) is 0 Å². The van der Waals surface area contributed by atoms with E-state index in [0.717, 1.165) is 5.56 Å². The molecule has 3 rings (SSSR count). The first kappa shape index (κ1) is 20.2. The number of ether oxygens (including phenoxy) is 1. The van der Waals surface area contributed by atoms with Crippen LogP contribution in [0.15, 0.2) is 17.2 Å². The number of morpholine rings is 1. The fourth-order valence-corrected chi connectivity index (χ4v) is 3.73. The Hall–Kier alpha value is -2.52. The zero-order chi connectivity index (χ0) is 20.4. The van der Waals surface area contributed by atoms with E-state index in [1.807, 2.05) is 37.1 Å². The Labute approximate surface area is 164 Å². The van der Waals surface area contributed by atoms with Crippen LogP contribution in [0.1, 0.15) is 28.7 Å². The SMILES string of the molecule is Cc1nc(C)c(CC(=O)N2CCO[C@@H](CN(C)C)[C@@H]2c2cnn(C)c2)c(=O)[nH]1. The highest BCUT2D eigenvalue weighted by atomic mass is 16.5. The topological polar surface area (TPSA) is 96.3 Å². The van der Waals surface area contributed by atoms with Crippen LogP contribution in [0, 0.1) is 13.8 Å². The maximum Gasteiger partial charge on any atom is 0.254 e. The van der Waals surface area contributed by atoms with Crippen LogP contribution in [0.25, 0.3) is 0 Å². The lowest BCUT2D eigenvalue weighted by molar-refractivity contribution is -0.147. The molecule has 0 aromatic carbocycles. The summed E-state index contributed by atoms with van der Waals surface area (Å²) < 4.78 is 7.73. The van der Waals surface area contributed by atoms with Crippen molar-refractivity contribution in [1.82, 2.24) is 29.5 Å². The van der Waals surface area contributed by atoms with Crippen LogP contribution < -0.4 is 5.56 Å². The lowest BCUT2D eigenvalue weighted by Gasteiger charge is -2.42. The number of carbonyl (C=O) groups is 1. The monoisotopic (exact) mass is 388 g/mol. The molecule has 1 fully saturated rings. The van der Waals surface area contributed by atoms with E-state index in [0.29, 0.717) is 36.8 Å². The molecule has 152 valence electrons. The average molecular weight is 388 g/mol. The molecular weight excluding hydrogens is 360 g/mol. The van der Waals surface area contributed by atoms with Crippen LogP contribution in [0.5, 0.6) is 0 Å². The summed E-state index contributed by atoms with van der Waals surface area (Å²) in [5, 5.41) is 4.27. The number of hydrogen-bond donors (Lipinski definition) is 1. The molecule has 0 unspecified atom stereocenters. The number of aromatic amines is 1. The van der Waals surface area contributed by atoms with Gasteiger partial charge in [-0.2, -0.15) is 5.10 Å². The number of nitrogens with one attached hydrogen (secondary N) is 1. The van der Waals surface area contributed by atoms with Gasteiger partial charge < -0.3 is 19.5 Å². The summed E-state index contributed by atoms with van der Waals surface area (Å²) in [5.41, 5.74) is 1.67. The lowest BCUT2D eigenvalue weighted by Crippen LogP contribution is -2.51. The van der Waals surface area contributed by atoms with Crippen molar-refractivity contribution in [3.8, 4) is 0 Å². The standard InChI is InChI=1S/C19H28N6O3/c1-12-15(19(27)22-13(2)21-12)8-17(26)25-6-7-28-16(11-23(3)4)18(25)14-9-20-24(5)10-14/h9-10,16,18H,6-8,11H2,1-5H3,(H,21,22,27)/t16-,18-/m0/s1. The highest BCUT2D eigenvalue weighted by Crippen LogP contribution is 2.30. The first-order valence-corrected chi connectivity index (χ1v) is 9.37. The molecule has 9 heteroatoms. The number of nitrogens with zero attached hydrogens (tertiary/aromatic N) is 5. The van der Waals surface area contributed by atoms with Gasteiger partial charge in [-0.05, 0) is 27.9 Å². The number of hydrogen-bond acceptors (Lipinski definition) is 6. The van der Waals surface area contributed by atoms with E-state index >= 15 is 0 Å². The second-order valence-corrected chi connectivity index (χ2v) is 7.54. The van der Waals surface area contributed by atoms with E-state index in [-0.39, 0.29) is 30.0 Å². The normalized spacial score (nSPS) is 20.0. The summed E-state index contributed by atoms with van der Waals surface area (Å²) in [6, 6.07) is -0.254.